The second-order valence-corrected chi connectivity index (χ2v) is 6.82. The van der Waals surface area contributed by atoms with Crippen LogP contribution in [0.2, 0.25) is 5.02 Å². The molecule has 1 atom stereocenters. The fraction of sp³-hybridized carbons (Fsp3) is 0.533. The zero-order valence-corrected chi connectivity index (χ0v) is 12.8. The molecule has 0 heterocycles. The highest BCUT2D eigenvalue weighted by Gasteiger charge is 2.20. The number of hydrogen-bond donors (Lipinski definition) is 1. The lowest BCUT2D eigenvalue weighted by Gasteiger charge is -2.24. The van der Waals surface area contributed by atoms with E-state index < -0.39 is 0 Å². The van der Waals surface area contributed by atoms with Gasteiger partial charge in [-0.2, -0.15) is 0 Å². The highest BCUT2D eigenvalue weighted by molar-refractivity contribution is 8.00. The van der Waals surface area contributed by atoms with E-state index in [9.17, 15) is 4.79 Å². The van der Waals surface area contributed by atoms with Crippen LogP contribution in [-0.4, -0.2) is 17.2 Å². The summed E-state index contributed by atoms with van der Waals surface area (Å²) in [5.41, 5.74) is 0. The fourth-order valence-electron chi connectivity index (χ4n) is 2.35. The number of amides is 1. The van der Waals surface area contributed by atoms with Gasteiger partial charge in [0.15, 0.2) is 0 Å². The van der Waals surface area contributed by atoms with Crippen molar-refractivity contribution >= 4 is 29.3 Å². The maximum Gasteiger partial charge on any atom is 0.233 e. The van der Waals surface area contributed by atoms with Crippen molar-refractivity contribution in [2.45, 2.75) is 55.2 Å². The van der Waals surface area contributed by atoms with Crippen LogP contribution in [0.1, 0.15) is 39.0 Å². The Morgan fingerprint density at radius 3 is 2.68 bits per heavy atom. The average molecular weight is 298 g/mol. The first-order chi connectivity index (χ1) is 9.16. The third-order valence-corrected chi connectivity index (χ3v) is 5.08. The van der Waals surface area contributed by atoms with E-state index in [-0.39, 0.29) is 11.2 Å². The average Bonchev–Trinajstić information content (AvgIpc) is 2.42. The number of benzene rings is 1. The van der Waals surface area contributed by atoms with Crippen molar-refractivity contribution in [3.05, 3.63) is 29.3 Å². The van der Waals surface area contributed by atoms with Crippen molar-refractivity contribution < 1.29 is 4.79 Å². The van der Waals surface area contributed by atoms with Gasteiger partial charge in [0.05, 0.1) is 10.3 Å². The molecule has 1 fully saturated rings. The van der Waals surface area contributed by atoms with E-state index >= 15 is 0 Å². The van der Waals surface area contributed by atoms with Crippen LogP contribution < -0.4 is 5.32 Å². The van der Waals surface area contributed by atoms with Gasteiger partial charge in [-0.3, -0.25) is 4.79 Å². The molecule has 0 bridgehead atoms. The van der Waals surface area contributed by atoms with E-state index in [4.69, 9.17) is 11.6 Å². The van der Waals surface area contributed by atoms with Gasteiger partial charge in [0.2, 0.25) is 5.91 Å². The van der Waals surface area contributed by atoms with E-state index in [2.05, 4.69) is 5.32 Å². The predicted octanol–water partition coefficient (Wildman–Crippen LogP) is 4.27. The van der Waals surface area contributed by atoms with Gasteiger partial charge in [-0.05, 0) is 31.9 Å². The molecule has 19 heavy (non-hydrogen) atoms. The van der Waals surface area contributed by atoms with Crippen LogP contribution in [0, 0.1) is 0 Å². The molecule has 0 spiro atoms. The molecule has 0 aliphatic heterocycles. The molecule has 1 saturated carbocycles. The number of nitrogens with one attached hydrogen (secondary N) is 1. The number of carbonyl (C=O) groups excluding carboxylic acids is 1. The summed E-state index contributed by atoms with van der Waals surface area (Å²) in [6.45, 7) is 1.94. The second kappa shape index (κ2) is 7.20. The Hall–Kier alpha value is -0.670. The van der Waals surface area contributed by atoms with Crippen molar-refractivity contribution in [3.63, 3.8) is 0 Å². The van der Waals surface area contributed by atoms with Gasteiger partial charge < -0.3 is 5.32 Å². The molecule has 0 aromatic heterocycles. The lowest BCUT2D eigenvalue weighted by molar-refractivity contribution is -0.121. The van der Waals surface area contributed by atoms with Crippen LogP contribution in [0.4, 0.5) is 0 Å². The van der Waals surface area contributed by atoms with Gasteiger partial charge in [-0.15, -0.1) is 11.8 Å². The Kier molecular flexibility index (Phi) is 5.59. The first-order valence-electron chi connectivity index (χ1n) is 6.88. The Morgan fingerprint density at radius 1 is 1.32 bits per heavy atom. The molecule has 2 nitrogen and oxygen atoms in total. The molecule has 0 radical (unpaired) electrons. The summed E-state index contributed by atoms with van der Waals surface area (Å²) in [5.74, 6) is 0.122. The summed E-state index contributed by atoms with van der Waals surface area (Å²) >= 11 is 7.64. The largest absolute Gasteiger partial charge is 0.352 e. The molecule has 1 unspecified atom stereocenters. The van der Waals surface area contributed by atoms with Gasteiger partial charge >= 0.3 is 0 Å². The van der Waals surface area contributed by atoms with Crippen molar-refractivity contribution in [3.8, 4) is 0 Å². The minimum atomic E-state index is -0.109. The van der Waals surface area contributed by atoms with Gasteiger partial charge in [-0.1, -0.05) is 43.0 Å². The van der Waals surface area contributed by atoms with Crippen molar-refractivity contribution in [1.29, 1.82) is 0 Å². The zero-order valence-electron chi connectivity index (χ0n) is 11.2. The van der Waals surface area contributed by atoms with Crippen molar-refractivity contribution in [2.24, 2.45) is 0 Å². The van der Waals surface area contributed by atoms with Crippen molar-refractivity contribution in [1.82, 2.24) is 5.32 Å². The highest BCUT2D eigenvalue weighted by atomic mass is 35.5. The van der Waals surface area contributed by atoms with Gasteiger partial charge in [0, 0.05) is 10.9 Å². The van der Waals surface area contributed by atoms with Crippen LogP contribution in [0.5, 0.6) is 0 Å². The van der Waals surface area contributed by atoms with Crippen molar-refractivity contribution in [2.75, 3.05) is 0 Å². The number of rotatable bonds is 4. The lowest BCUT2D eigenvalue weighted by atomic mass is 9.95. The summed E-state index contributed by atoms with van der Waals surface area (Å²) in [5, 5.41) is 3.76. The van der Waals surface area contributed by atoms with Gasteiger partial charge in [0.25, 0.3) is 0 Å². The third kappa shape index (κ3) is 4.43. The van der Waals surface area contributed by atoms with Crippen LogP contribution in [-0.2, 0) is 4.79 Å². The lowest BCUT2D eigenvalue weighted by Crippen LogP contribution is -2.40. The summed E-state index contributed by atoms with van der Waals surface area (Å²) in [4.78, 5) is 13.1. The molecule has 0 saturated heterocycles. The molecular formula is C15H20ClNOS. The monoisotopic (exact) mass is 297 g/mol. The molecule has 1 aromatic rings. The molecule has 2 rings (SSSR count). The predicted molar refractivity (Wildman–Crippen MR) is 81.8 cm³/mol. The summed E-state index contributed by atoms with van der Waals surface area (Å²) in [6, 6.07) is 8.03. The fourth-order valence-corrected chi connectivity index (χ4v) is 3.51. The Morgan fingerprint density at radius 2 is 2.00 bits per heavy atom. The normalized spacial score (nSPS) is 18.0. The summed E-state index contributed by atoms with van der Waals surface area (Å²) in [6.07, 6.45) is 6.01. The van der Waals surface area contributed by atoms with Crippen LogP contribution in [0.3, 0.4) is 0 Å². The van der Waals surface area contributed by atoms with Gasteiger partial charge in [0.1, 0.15) is 0 Å². The molecule has 1 aliphatic carbocycles. The molecule has 4 heteroatoms. The maximum absolute atomic E-state index is 12.2. The minimum absolute atomic E-state index is 0.109. The van der Waals surface area contributed by atoms with E-state index in [0.717, 1.165) is 17.7 Å². The SMILES string of the molecule is CC(Sc1ccccc1Cl)C(=O)NC1CCCCC1. The van der Waals surface area contributed by atoms with E-state index in [1.807, 2.05) is 31.2 Å². The topological polar surface area (TPSA) is 29.1 Å². The smallest absolute Gasteiger partial charge is 0.233 e. The molecule has 1 aromatic carbocycles. The number of hydrogen-bond acceptors (Lipinski definition) is 2. The Labute approximate surface area is 124 Å². The summed E-state index contributed by atoms with van der Waals surface area (Å²) in [7, 11) is 0. The number of thioether (sulfide) groups is 1. The van der Waals surface area contributed by atoms with E-state index in [1.54, 1.807) is 0 Å². The highest BCUT2D eigenvalue weighted by Crippen LogP contribution is 2.30. The molecule has 1 N–H and O–H groups in total. The molecule has 1 amide bonds. The molecule has 104 valence electrons. The van der Waals surface area contributed by atoms with E-state index in [1.165, 1.54) is 31.0 Å². The second-order valence-electron chi connectivity index (χ2n) is 5.03. The van der Waals surface area contributed by atoms with Crippen LogP contribution in [0.25, 0.3) is 0 Å². The Bertz CT molecular complexity index is 432. The van der Waals surface area contributed by atoms with Gasteiger partial charge in [-0.25, -0.2) is 0 Å². The van der Waals surface area contributed by atoms with E-state index in [0.29, 0.717) is 11.1 Å². The number of halogens is 1. The first-order valence-corrected chi connectivity index (χ1v) is 8.14. The first kappa shape index (κ1) is 14.7. The zero-order chi connectivity index (χ0) is 13.7. The molecular weight excluding hydrogens is 278 g/mol. The Balaban J connectivity index is 1.87. The van der Waals surface area contributed by atoms with Crippen LogP contribution >= 0.6 is 23.4 Å². The number of carbonyl (C=O) groups is 1. The minimum Gasteiger partial charge on any atom is -0.352 e. The molecule has 1 aliphatic rings. The maximum atomic E-state index is 12.2. The van der Waals surface area contributed by atoms with Crippen LogP contribution in [0.15, 0.2) is 29.2 Å². The standard InChI is InChI=1S/C15H20ClNOS/c1-11(19-14-10-6-5-9-13(14)16)15(18)17-12-7-3-2-4-8-12/h5-6,9-12H,2-4,7-8H2,1H3,(H,17,18). The third-order valence-electron chi connectivity index (χ3n) is 3.46. The summed E-state index contributed by atoms with van der Waals surface area (Å²) < 4.78 is 0. The quantitative estimate of drug-likeness (QED) is 0.841.